The highest BCUT2D eigenvalue weighted by atomic mass is 35.5. The number of benzene rings is 2. The molecule has 1 fully saturated rings. The number of nitrogens with one attached hydrogen (secondary N) is 2. The van der Waals surface area contributed by atoms with Crippen molar-refractivity contribution in [2.75, 3.05) is 30.4 Å². The van der Waals surface area contributed by atoms with Crippen LogP contribution in [-0.2, 0) is 4.74 Å². The number of thiocarbonyl (C=S) groups is 1. The average Bonchev–Trinajstić information content (AvgIpc) is 2.75. The van der Waals surface area contributed by atoms with Crippen molar-refractivity contribution in [1.29, 1.82) is 0 Å². The number of nitrogens with zero attached hydrogens (tertiary/aromatic N) is 1. The van der Waals surface area contributed by atoms with Crippen molar-refractivity contribution >= 4 is 46.3 Å². The Labute approximate surface area is 188 Å². The van der Waals surface area contributed by atoms with Gasteiger partial charge in [-0.2, -0.15) is 0 Å². The molecule has 2 aromatic rings. The number of hydrogen-bond donors (Lipinski definition) is 2. The van der Waals surface area contributed by atoms with Crippen LogP contribution in [-0.4, -0.2) is 31.3 Å². The van der Waals surface area contributed by atoms with Crippen molar-refractivity contribution in [1.82, 2.24) is 5.32 Å². The van der Waals surface area contributed by atoms with E-state index in [4.69, 9.17) is 28.6 Å². The van der Waals surface area contributed by atoms with Crippen LogP contribution in [0, 0.1) is 5.92 Å². The fourth-order valence-corrected chi connectivity index (χ4v) is 4.05. The molecule has 1 aliphatic rings. The van der Waals surface area contributed by atoms with E-state index in [0.717, 1.165) is 24.6 Å². The van der Waals surface area contributed by atoms with Gasteiger partial charge in [0.1, 0.15) is 0 Å². The molecule has 0 amide bonds. The number of anilines is 2. The minimum Gasteiger partial charge on any atom is -0.465 e. The van der Waals surface area contributed by atoms with Crippen LogP contribution in [0.5, 0.6) is 0 Å². The summed E-state index contributed by atoms with van der Waals surface area (Å²) in [4.78, 5) is 14.3. The van der Waals surface area contributed by atoms with Gasteiger partial charge in [-0.25, -0.2) is 4.79 Å². The fourth-order valence-electron chi connectivity index (χ4n) is 3.56. The molecule has 0 aliphatic carbocycles. The van der Waals surface area contributed by atoms with Crippen LogP contribution in [0.25, 0.3) is 0 Å². The lowest BCUT2D eigenvalue weighted by molar-refractivity contribution is 0.0601. The van der Waals surface area contributed by atoms with E-state index in [1.165, 1.54) is 25.6 Å². The Morgan fingerprint density at radius 3 is 2.50 bits per heavy atom. The second-order valence-corrected chi connectivity index (χ2v) is 8.58. The zero-order valence-electron chi connectivity index (χ0n) is 17.6. The third kappa shape index (κ3) is 5.64. The summed E-state index contributed by atoms with van der Waals surface area (Å²) in [6, 6.07) is 13.7. The summed E-state index contributed by atoms with van der Waals surface area (Å²) in [5.41, 5.74) is 3.39. The lowest BCUT2D eigenvalue weighted by atomic mass is 9.98. The van der Waals surface area contributed by atoms with Crippen molar-refractivity contribution < 1.29 is 9.53 Å². The highest BCUT2D eigenvalue weighted by molar-refractivity contribution is 7.80. The Morgan fingerprint density at radius 2 is 1.87 bits per heavy atom. The Bertz CT molecular complexity index is 896. The van der Waals surface area contributed by atoms with E-state index in [1.54, 1.807) is 18.2 Å². The summed E-state index contributed by atoms with van der Waals surface area (Å²) in [6.45, 7) is 6.63. The molecule has 7 heteroatoms. The molecule has 2 N–H and O–H groups in total. The summed E-state index contributed by atoms with van der Waals surface area (Å²) < 4.78 is 4.75. The fraction of sp³-hybridized carbons (Fsp3) is 0.391. The first kappa shape index (κ1) is 22.4. The van der Waals surface area contributed by atoms with Crippen LogP contribution >= 0.6 is 23.8 Å². The number of rotatable bonds is 5. The SMILES string of the molecule is COC(=O)c1cc(NC(=S)NC(C)c2ccc(N3CCC(C)CC3)cc2)ccc1Cl. The smallest absolute Gasteiger partial charge is 0.339 e. The highest BCUT2D eigenvalue weighted by Gasteiger charge is 2.17. The maximum absolute atomic E-state index is 11.8. The molecule has 0 saturated carbocycles. The predicted octanol–water partition coefficient (Wildman–Crippen LogP) is 5.41. The summed E-state index contributed by atoms with van der Waals surface area (Å²) in [7, 11) is 1.32. The summed E-state index contributed by atoms with van der Waals surface area (Å²) in [5.74, 6) is 0.335. The number of esters is 1. The van der Waals surface area contributed by atoms with Gasteiger partial charge < -0.3 is 20.3 Å². The summed E-state index contributed by atoms with van der Waals surface area (Å²) in [5, 5.41) is 7.19. The van der Waals surface area contributed by atoms with Gasteiger partial charge in [-0.3, -0.25) is 0 Å². The number of ether oxygens (including phenoxy) is 1. The molecule has 0 spiro atoms. The Hall–Kier alpha value is -2.31. The molecule has 160 valence electrons. The van der Waals surface area contributed by atoms with Gasteiger partial charge in [0.15, 0.2) is 5.11 Å². The minimum atomic E-state index is -0.487. The molecule has 1 aliphatic heterocycles. The first-order chi connectivity index (χ1) is 14.4. The van der Waals surface area contributed by atoms with E-state index in [-0.39, 0.29) is 6.04 Å². The standard InChI is InChI=1S/C23H28ClN3O2S/c1-15-10-12-27(13-11-15)19-7-4-17(5-8-19)16(2)25-23(30)26-18-6-9-21(24)20(14-18)22(28)29-3/h4-9,14-16H,10-13H2,1-3H3,(H2,25,26,30). The molecule has 0 bridgehead atoms. The lowest BCUT2D eigenvalue weighted by Crippen LogP contribution is -2.33. The zero-order valence-corrected chi connectivity index (χ0v) is 19.1. The number of halogens is 1. The molecule has 2 aromatic carbocycles. The first-order valence-electron chi connectivity index (χ1n) is 10.2. The van der Waals surface area contributed by atoms with E-state index in [9.17, 15) is 4.79 Å². The van der Waals surface area contributed by atoms with Gasteiger partial charge in [-0.1, -0.05) is 30.7 Å². The van der Waals surface area contributed by atoms with Crippen molar-refractivity contribution in [3.63, 3.8) is 0 Å². The molecule has 0 radical (unpaired) electrons. The Kier molecular flexibility index (Phi) is 7.56. The van der Waals surface area contributed by atoms with Gasteiger partial charge in [0.2, 0.25) is 0 Å². The molecule has 1 unspecified atom stereocenters. The zero-order chi connectivity index (χ0) is 21.7. The molecule has 1 atom stereocenters. The molecule has 1 saturated heterocycles. The van der Waals surface area contributed by atoms with Crippen LogP contribution in [0.3, 0.4) is 0 Å². The Morgan fingerprint density at radius 1 is 1.20 bits per heavy atom. The first-order valence-corrected chi connectivity index (χ1v) is 11.0. The largest absolute Gasteiger partial charge is 0.465 e. The maximum Gasteiger partial charge on any atom is 0.339 e. The molecular weight excluding hydrogens is 418 g/mol. The van der Waals surface area contributed by atoms with Gasteiger partial charge in [0.05, 0.1) is 23.7 Å². The third-order valence-corrected chi connectivity index (χ3v) is 6.07. The molecule has 3 rings (SSSR count). The second-order valence-electron chi connectivity index (χ2n) is 7.77. The van der Waals surface area contributed by atoms with Gasteiger partial charge >= 0.3 is 5.97 Å². The van der Waals surface area contributed by atoms with E-state index in [2.05, 4.69) is 53.6 Å². The van der Waals surface area contributed by atoms with E-state index >= 15 is 0 Å². The summed E-state index contributed by atoms with van der Waals surface area (Å²) >= 11 is 11.5. The average molecular weight is 446 g/mol. The molecular formula is C23H28ClN3O2S. The van der Waals surface area contributed by atoms with Crippen LogP contribution in [0.4, 0.5) is 11.4 Å². The number of piperidine rings is 1. The number of carbonyl (C=O) groups excluding carboxylic acids is 1. The van der Waals surface area contributed by atoms with Gasteiger partial charge in [0.25, 0.3) is 0 Å². The van der Waals surface area contributed by atoms with Crippen LogP contribution in [0.15, 0.2) is 42.5 Å². The summed E-state index contributed by atoms with van der Waals surface area (Å²) in [6.07, 6.45) is 2.50. The molecule has 30 heavy (non-hydrogen) atoms. The molecule has 5 nitrogen and oxygen atoms in total. The normalized spacial score (nSPS) is 15.4. The molecule has 1 heterocycles. The number of methoxy groups -OCH3 is 1. The van der Waals surface area contributed by atoms with Crippen molar-refractivity contribution in [2.24, 2.45) is 5.92 Å². The second kappa shape index (κ2) is 10.1. The van der Waals surface area contributed by atoms with Gasteiger partial charge in [-0.15, -0.1) is 0 Å². The number of carbonyl (C=O) groups is 1. The van der Waals surface area contributed by atoms with Crippen LogP contribution in [0.2, 0.25) is 5.02 Å². The Balaban J connectivity index is 1.58. The van der Waals surface area contributed by atoms with Gasteiger partial charge in [0, 0.05) is 24.5 Å². The number of hydrogen-bond acceptors (Lipinski definition) is 4. The third-order valence-electron chi connectivity index (χ3n) is 5.52. The van der Waals surface area contributed by atoms with Crippen LogP contribution in [0.1, 0.15) is 48.7 Å². The van der Waals surface area contributed by atoms with Crippen molar-refractivity contribution in [2.45, 2.75) is 32.7 Å². The van der Waals surface area contributed by atoms with E-state index in [0.29, 0.717) is 21.4 Å². The lowest BCUT2D eigenvalue weighted by Gasteiger charge is -2.32. The predicted molar refractivity (Wildman–Crippen MR) is 128 cm³/mol. The maximum atomic E-state index is 11.8. The quantitative estimate of drug-likeness (QED) is 0.474. The van der Waals surface area contributed by atoms with Crippen molar-refractivity contribution in [3.05, 3.63) is 58.6 Å². The van der Waals surface area contributed by atoms with E-state index in [1.807, 2.05) is 0 Å². The van der Waals surface area contributed by atoms with Gasteiger partial charge in [-0.05, 0) is 73.8 Å². The van der Waals surface area contributed by atoms with Crippen LogP contribution < -0.4 is 15.5 Å². The van der Waals surface area contributed by atoms with Crippen molar-refractivity contribution in [3.8, 4) is 0 Å². The van der Waals surface area contributed by atoms with E-state index < -0.39 is 5.97 Å². The monoisotopic (exact) mass is 445 g/mol. The topological polar surface area (TPSA) is 53.6 Å². The molecule has 0 aromatic heterocycles. The highest BCUT2D eigenvalue weighted by Crippen LogP contribution is 2.25. The minimum absolute atomic E-state index is 0.0350.